The van der Waals surface area contributed by atoms with Crippen molar-refractivity contribution in [1.29, 1.82) is 0 Å². The molecule has 0 aliphatic carbocycles. The molecule has 0 saturated carbocycles. The van der Waals surface area contributed by atoms with Gasteiger partial charge in [-0.3, -0.25) is 9.69 Å². The molecule has 30 heavy (non-hydrogen) atoms. The van der Waals surface area contributed by atoms with Crippen molar-refractivity contribution < 1.29 is 18.7 Å². The van der Waals surface area contributed by atoms with Gasteiger partial charge in [0.15, 0.2) is 5.11 Å². The molecule has 2 aromatic carbocycles. The van der Waals surface area contributed by atoms with Crippen LogP contribution in [0.15, 0.2) is 53.7 Å². The molecule has 0 saturated heterocycles. The summed E-state index contributed by atoms with van der Waals surface area (Å²) in [7, 11) is 1.30. The standard InChI is InChI=1S/C21H19ClFN3O3S/c1-11-18(20(28)29-3)19(13-4-6-14(7-5-13)24-12(2)27)25-21(30)26(11)15-8-9-17(23)16(22)10-15/h4-10,19H,1-3H3,(H,24,27)(H,25,30)/t19-/m1/s1. The molecule has 0 aromatic heterocycles. The molecule has 9 heteroatoms. The van der Waals surface area contributed by atoms with Crippen LogP contribution in [0.2, 0.25) is 5.02 Å². The molecule has 2 aromatic rings. The van der Waals surface area contributed by atoms with Gasteiger partial charge in [0.1, 0.15) is 5.82 Å². The van der Waals surface area contributed by atoms with Crippen molar-refractivity contribution in [2.24, 2.45) is 0 Å². The molecule has 0 spiro atoms. The average molecular weight is 448 g/mol. The van der Waals surface area contributed by atoms with Crippen molar-refractivity contribution in [1.82, 2.24) is 5.32 Å². The van der Waals surface area contributed by atoms with E-state index in [1.165, 1.54) is 32.2 Å². The van der Waals surface area contributed by atoms with Gasteiger partial charge in [-0.25, -0.2) is 9.18 Å². The second kappa shape index (κ2) is 8.81. The first kappa shape index (κ1) is 21.7. The van der Waals surface area contributed by atoms with Crippen molar-refractivity contribution in [3.63, 3.8) is 0 Å². The van der Waals surface area contributed by atoms with E-state index in [1.807, 2.05) is 0 Å². The zero-order valence-corrected chi connectivity index (χ0v) is 18.0. The van der Waals surface area contributed by atoms with E-state index in [1.54, 1.807) is 36.1 Å². The Kier molecular flexibility index (Phi) is 6.38. The largest absolute Gasteiger partial charge is 0.466 e. The smallest absolute Gasteiger partial charge is 0.337 e. The molecule has 2 N–H and O–H groups in total. The van der Waals surface area contributed by atoms with E-state index >= 15 is 0 Å². The molecule has 1 aliphatic rings. The number of methoxy groups -OCH3 is 1. The van der Waals surface area contributed by atoms with Gasteiger partial charge in [-0.2, -0.15) is 0 Å². The quantitative estimate of drug-likeness (QED) is 0.537. The third-order valence-corrected chi connectivity index (χ3v) is 5.21. The maximum Gasteiger partial charge on any atom is 0.337 e. The first-order valence-electron chi connectivity index (χ1n) is 8.95. The van der Waals surface area contributed by atoms with Gasteiger partial charge in [0.05, 0.1) is 23.7 Å². The predicted octanol–water partition coefficient (Wildman–Crippen LogP) is 4.32. The monoisotopic (exact) mass is 447 g/mol. The molecule has 1 heterocycles. The number of halogens is 2. The highest BCUT2D eigenvalue weighted by molar-refractivity contribution is 7.80. The van der Waals surface area contributed by atoms with Crippen LogP contribution >= 0.6 is 23.8 Å². The third kappa shape index (κ3) is 4.29. The van der Waals surface area contributed by atoms with Crippen LogP contribution in [-0.2, 0) is 14.3 Å². The van der Waals surface area contributed by atoms with Gasteiger partial charge in [0.2, 0.25) is 5.91 Å². The van der Waals surface area contributed by atoms with Gasteiger partial charge in [0, 0.05) is 24.0 Å². The van der Waals surface area contributed by atoms with Gasteiger partial charge in [-0.05, 0) is 55.0 Å². The lowest BCUT2D eigenvalue weighted by atomic mass is 9.94. The number of thiocarbonyl (C=S) groups is 1. The Morgan fingerprint density at radius 1 is 1.23 bits per heavy atom. The number of hydrogen-bond acceptors (Lipinski definition) is 4. The number of benzene rings is 2. The molecule has 156 valence electrons. The Bertz CT molecular complexity index is 1060. The maximum absolute atomic E-state index is 13.6. The van der Waals surface area contributed by atoms with Crippen molar-refractivity contribution in [2.45, 2.75) is 19.9 Å². The van der Waals surface area contributed by atoms with Gasteiger partial charge in [-0.1, -0.05) is 23.7 Å². The SMILES string of the molecule is COC(=O)C1=C(C)N(c2ccc(F)c(Cl)c2)C(=S)N[C@@H]1c1ccc(NC(C)=O)cc1. The number of carbonyl (C=O) groups excluding carboxylic acids is 2. The second-order valence-electron chi connectivity index (χ2n) is 6.61. The van der Waals surface area contributed by atoms with Crippen LogP contribution in [0.1, 0.15) is 25.5 Å². The number of carbonyl (C=O) groups is 2. The lowest BCUT2D eigenvalue weighted by Crippen LogP contribution is -2.48. The summed E-state index contributed by atoms with van der Waals surface area (Å²) in [5.41, 5.74) is 2.77. The zero-order valence-electron chi connectivity index (χ0n) is 16.5. The van der Waals surface area contributed by atoms with Crippen molar-refractivity contribution in [2.75, 3.05) is 17.3 Å². The number of allylic oxidation sites excluding steroid dienone is 1. The topological polar surface area (TPSA) is 70.7 Å². The number of rotatable bonds is 4. The molecule has 0 radical (unpaired) electrons. The first-order valence-corrected chi connectivity index (χ1v) is 9.74. The van der Waals surface area contributed by atoms with Crippen LogP contribution < -0.4 is 15.5 Å². The molecule has 0 bridgehead atoms. The Morgan fingerprint density at radius 2 is 1.90 bits per heavy atom. The summed E-state index contributed by atoms with van der Waals surface area (Å²) in [5.74, 6) is -1.26. The summed E-state index contributed by atoms with van der Waals surface area (Å²) in [6, 6.07) is 10.7. The fourth-order valence-corrected chi connectivity index (χ4v) is 3.80. The number of amides is 1. The Hall–Kier alpha value is -2.97. The van der Waals surface area contributed by atoms with Crippen molar-refractivity contribution >= 4 is 52.2 Å². The predicted molar refractivity (Wildman–Crippen MR) is 118 cm³/mol. The van der Waals surface area contributed by atoms with E-state index in [9.17, 15) is 14.0 Å². The van der Waals surface area contributed by atoms with E-state index in [0.717, 1.165) is 5.56 Å². The number of nitrogens with zero attached hydrogens (tertiary/aromatic N) is 1. The van der Waals surface area contributed by atoms with Gasteiger partial charge < -0.3 is 15.4 Å². The summed E-state index contributed by atoms with van der Waals surface area (Å²) in [6.45, 7) is 3.15. The van der Waals surface area contributed by atoms with E-state index in [2.05, 4.69) is 10.6 Å². The molecular formula is C21H19ClFN3O3S. The summed E-state index contributed by atoms with van der Waals surface area (Å²) >= 11 is 11.5. The zero-order chi connectivity index (χ0) is 22.0. The summed E-state index contributed by atoms with van der Waals surface area (Å²) in [4.78, 5) is 25.5. The Labute approximate surface area is 183 Å². The second-order valence-corrected chi connectivity index (χ2v) is 7.40. The number of hydrogen-bond donors (Lipinski definition) is 2. The van der Waals surface area contributed by atoms with Crippen LogP contribution in [0.4, 0.5) is 15.8 Å². The van der Waals surface area contributed by atoms with Crippen LogP contribution in [0.3, 0.4) is 0 Å². The molecule has 1 amide bonds. The number of anilines is 2. The molecule has 1 aliphatic heterocycles. The van der Waals surface area contributed by atoms with Crippen molar-refractivity contribution in [3.8, 4) is 0 Å². The minimum atomic E-state index is -0.566. The fourth-order valence-electron chi connectivity index (χ4n) is 3.26. The van der Waals surface area contributed by atoms with E-state index in [-0.39, 0.29) is 10.9 Å². The van der Waals surface area contributed by atoms with Crippen LogP contribution in [-0.4, -0.2) is 24.1 Å². The Morgan fingerprint density at radius 3 is 2.47 bits per heavy atom. The maximum atomic E-state index is 13.6. The highest BCUT2D eigenvalue weighted by Gasteiger charge is 2.35. The number of nitrogens with one attached hydrogen (secondary N) is 2. The average Bonchev–Trinajstić information content (AvgIpc) is 2.70. The number of esters is 1. The lowest BCUT2D eigenvalue weighted by molar-refractivity contribution is -0.136. The minimum Gasteiger partial charge on any atom is -0.466 e. The normalized spacial score (nSPS) is 16.2. The highest BCUT2D eigenvalue weighted by Crippen LogP contribution is 2.35. The van der Waals surface area contributed by atoms with E-state index < -0.39 is 17.8 Å². The van der Waals surface area contributed by atoms with Crippen LogP contribution in [0.25, 0.3) is 0 Å². The van der Waals surface area contributed by atoms with Crippen LogP contribution in [0.5, 0.6) is 0 Å². The summed E-state index contributed by atoms with van der Waals surface area (Å²) < 4.78 is 18.6. The van der Waals surface area contributed by atoms with E-state index in [4.69, 9.17) is 28.6 Å². The fraction of sp³-hybridized carbons (Fsp3) is 0.190. The molecular weight excluding hydrogens is 429 g/mol. The minimum absolute atomic E-state index is 0.0570. The lowest BCUT2D eigenvalue weighted by Gasteiger charge is -2.37. The van der Waals surface area contributed by atoms with E-state index in [0.29, 0.717) is 27.8 Å². The summed E-state index contributed by atoms with van der Waals surface area (Å²) in [6.07, 6.45) is 0. The third-order valence-electron chi connectivity index (χ3n) is 4.62. The summed E-state index contributed by atoms with van der Waals surface area (Å²) in [5, 5.41) is 6.10. The first-order chi connectivity index (χ1) is 14.2. The number of ether oxygens (including phenoxy) is 1. The van der Waals surface area contributed by atoms with Gasteiger partial charge >= 0.3 is 5.97 Å². The molecule has 3 rings (SSSR count). The Balaban J connectivity index is 2.06. The molecule has 6 nitrogen and oxygen atoms in total. The van der Waals surface area contributed by atoms with Crippen LogP contribution in [0, 0.1) is 5.82 Å². The molecule has 0 unspecified atom stereocenters. The highest BCUT2D eigenvalue weighted by atomic mass is 35.5. The molecule has 1 atom stereocenters. The molecule has 0 fully saturated rings. The van der Waals surface area contributed by atoms with Gasteiger partial charge in [0.25, 0.3) is 0 Å². The van der Waals surface area contributed by atoms with Crippen molar-refractivity contribution in [3.05, 3.63) is 70.1 Å². The van der Waals surface area contributed by atoms with Gasteiger partial charge in [-0.15, -0.1) is 0 Å².